The molecule has 0 amide bonds. The van der Waals surface area contributed by atoms with Crippen molar-refractivity contribution in [1.82, 2.24) is 9.55 Å². The van der Waals surface area contributed by atoms with E-state index in [2.05, 4.69) is 251 Å². The Bertz CT molecular complexity index is 3470. The Labute approximate surface area is 407 Å². The summed E-state index contributed by atoms with van der Waals surface area (Å²) in [6.07, 6.45) is 0. The number of aromatic nitrogens is 2. The molecule has 0 radical (unpaired) electrons. The zero-order valence-corrected chi connectivity index (χ0v) is 42.3. The molecule has 68 heavy (non-hydrogen) atoms. The third kappa shape index (κ3) is 7.80. The topological polar surface area (TPSA) is 33.5 Å². The number of ether oxygens (including phenoxy) is 1. The van der Waals surface area contributed by atoms with Crippen LogP contribution in [0.4, 0.5) is 22.7 Å². The quantitative estimate of drug-likeness (QED) is 0.149. The summed E-state index contributed by atoms with van der Waals surface area (Å²) in [5, 5.41) is 3.66. The molecule has 0 atom stereocenters. The van der Waals surface area contributed by atoms with Gasteiger partial charge in [-0.2, -0.15) is 0 Å². The first-order chi connectivity index (χ1) is 32.6. The van der Waals surface area contributed by atoms with Gasteiger partial charge in [-0.25, -0.2) is 0 Å². The molecule has 6 heteroatoms. The molecule has 0 aliphatic carbocycles. The molecule has 0 N–H and O–H groups in total. The van der Waals surface area contributed by atoms with Gasteiger partial charge in [-0.15, -0.1) is 0 Å². The summed E-state index contributed by atoms with van der Waals surface area (Å²) in [7, 11) is 0. The van der Waals surface area contributed by atoms with E-state index in [1.54, 1.807) is 0 Å². The second kappa shape index (κ2) is 16.4. The van der Waals surface area contributed by atoms with Crippen LogP contribution < -0.4 is 14.5 Å². The first-order valence-electron chi connectivity index (χ1n) is 23.8. The predicted molar refractivity (Wildman–Crippen MR) is 289 cm³/mol. The van der Waals surface area contributed by atoms with Crippen LogP contribution in [-0.2, 0) is 16.2 Å². The van der Waals surface area contributed by atoms with E-state index in [9.17, 15) is 0 Å². The Hall–Kier alpha value is -6.85. The van der Waals surface area contributed by atoms with E-state index in [1.165, 1.54) is 70.9 Å². The predicted octanol–water partition coefficient (Wildman–Crippen LogP) is 16.7. The van der Waals surface area contributed by atoms with Crippen LogP contribution >= 0.6 is 0 Å². The normalized spacial score (nSPS) is 13.2. The van der Waals surface area contributed by atoms with Crippen molar-refractivity contribution in [3.63, 3.8) is 0 Å². The molecule has 3 aromatic heterocycles. The summed E-state index contributed by atoms with van der Waals surface area (Å²) in [4.78, 5) is 12.6. The summed E-state index contributed by atoms with van der Waals surface area (Å²) >= 11 is 0.201. The number of anilines is 4. The van der Waals surface area contributed by atoms with Crippen molar-refractivity contribution in [2.45, 2.75) is 78.6 Å². The number of hydrogen-bond donors (Lipinski definition) is 0. The SMILES string of the molecule is CC(C)(C)c1cc(Oc2ccc3c4ccccc4n(-c4cc(C(C)(C)C)c5cc[se]c5n4)c3c2)cc(N2CN(c3c(-c4ccccc4)cc(C(C)(C)C)cc3-c3ccccc3)c3ccccc32)c1. The van der Waals surface area contributed by atoms with Gasteiger partial charge in [0.25, 0.3) is 0 Å². The summed E-state index contributed by atoms with van der Waals surface area (Å²) in [6, 6.07) is 62.1. The fourth-order valence-corrected chi connectivity index (χ4v) is 11.6. The molecule has 1 aliphatic rings. The molecule has 11 rings (SSSR count). The standard InChI is InChI=1S/C62H58N4OSe/c1-60(2,3)42-32-44(36-46(33-42)67-45-28-29-48-47-24-16-17-25-53(47)66(56(48)37-45)57-38-52(62(7,8)9)49-30-31-68-59(49)63-57)64-39-65(55-27-19-18-26-54(55)64)58-50(40-20-12-10-13-21-40)34-43(61(4,5)6)35-51(58)41-22-14-11-15-23-41/h10-38H,39H2,1-9H3. The van der Waals surface area contributed by atoms with E-state index in [0.29, 0.717) is 6.67 Å². The summed E-state index contributed by atoms with van der Waals surface area (Å²) in [5.74, 6) is 2.54. The third-order valence-corrected chi connectivity index (χ3v) is 15.3. The number of para-hydroxylation sites is 3. The van der Waals surface area contributed by atoms with Gasteiger partial charge in [0, 0.05) is 11.1 Å². The van der Waals surface area contributed by atoms with Crippen molar-refractivity contribution in [1.29, 1.82) is 0 Å². The minimum absolute atomic E-state index is 0.0342. The Morgan fingerprint density at radius 3 is 1.72 bits per heavy atom. The first-order valence-corrected chi connectivity index (χ1v) is 25.6. The molecule has 5 nitrogen and oxygen atoms in total. The fourth-order valence-electron chi connectivity index (χ4n) is 9.96. The summed E-state index contributed by atoms with van der Waals surface area (Å²) < 4.78 is 10.6. The molecule has 0 spiro atoms. The molecule has 0 saturated carbocycles. The van der Waals surface area contributed by atoms with Crippen molar-refractivity contribution in [3.8, 4) is 39.6 Å². The van der Waals surface area contributed by atoms with Crippen molar-refractivity contribution < 1.29 is 4.74 Å². The molecule has 0 bridgehead atoms. The maximum absolute atomic E-state index is 7.08. The molecule has 7 aromatic carbocycles. The van der Waals surface area contributed by atoms with Crippen LogP contribution in [0.2, 0.25) is 0 Å². The Balaban J connectivity index is 1.05. The molecule has 0 fully saturated rings. The van der Waals surface area contributed by atoms with Crippen LogP contribution in [0, 0.1) is 0 Å². The molecule has 338 valence electrons. The van der Waals surface area contributed by atoms with E-state index in [-0.39, 0.29) is 30.7 Å². The number of pyridine rings is 1. The molecule has 0 unspecified atom stereocenters. The number of nitrogens with zero attached hydrogens (tertiary/aromatic N) is 4. The van der Waals surface area contributed by atoms with Crippen LogP contribution in [-0.4, -0.2) is 30.7 Å². The minimum atomic E-state index is -0.145. The monoisotopic (exact) mass is 954 g/mol. The van der Waals surface area contributed by atoms with Gasteiger partial charge in [0.2, 0.25) is 0 Å². The van der Waals surface area contributed by atoms with Gasteiger partial charge < -0.3 is 4.90 Å². The molecule has 4 heterocycles. The van der Waals surface area contributed by atoms with E-state index in [0.717, 1.165) is 39.7 Å². The van der Waals surface area contributed by atoms with Gasteiger partial charge in [-0.3, -0.25) is 0 Å². The molecule has 0 saturated heterocycles. The van der Waals surface area contributed by atoms with E-state index in [4.69, 9.17) is 9.72 Å². The van der Waals surface area contributed by atoms with Crippen molar-refractivity contribution in [2.24, 2.45) is 0 Å². The first kappa shape index (κ1) is 43.7. The van der Waals surface area contributed by atoms with Crippen molar-refractivity contribution in [3.05, 3.63) is 191 Å². The fraction of sp³-hybridized carbons (Fsp3) is 0.210. The van der Waals surface area contributed by atoms with Crippen molar-refractivity contribution >= 4 is 68.8 Å². The Kier molecular flexibility index (Phi) is 10.6. The smallest absolute Gasteiger partial charge is 0.320 e. The second-order valence-corrected chi connectivity index (χ2v) is 23.3. The van der Waals surface area contributed by atoms with Gasteiger partial charge in [-0.1, -0.05) is 114 Å². The van der Waals surface area contributed by atoms with Gasteiger partial charge in [0.05, 0.1) is 17.1 Å². The molecular weight excluding hydrogens is 896 g/mol. The van der Waals surface area contributed by atoms with Gasteiger partial charge in [0.15, 0.2) is 0 Å². The van der Waals surface area contributed by atoms with Gasteiger partial charge >= 0.3 is 209 Å². The summed E-state index contributed by atoms with van der Waals surface area (Å²) in [5.41, 5.74) is 15.2. The van der Waals surface area contributed by atoms with Crippen LogP contribution in [0.15, 0.2) is 175 Å². The van der Waals surface area contributed by atoms with Crippen LogP contribution in [0.25, 0.3) is 59.7 Å². The number of benzene rings is 7. The van der Waals surface area contributed by atoms with E-state index >= 15 is 0 Å². The maximum atomic E-state index is 7.08. The molecular formula is C62H58N4OSe. The zero-order valence-electron chi connectivity index (χ0n) is 40.6. The van der Waals surface area contributed by atoms with Crippen LogP contribution in [0.1, 0.15) is 79.0 Å². The number of fused-ring (bicyclic) bond motifs is 5. The second-order valence-electron chi connectivity index (χ2n) is 21.4. The molecule has 10 aromatic rings. The van der Waals surface area contributed by atoms with Gasteiger partial charge in [-0.05, 0) is 46.4 Å². The number of rotatable bonds is 7. The minimum Gasteiger partial charge on any atom is -0.320 e. The van der Waals surface area contributed by atoms with E-state index in [1.807, 2.05) is 0 Å². The average molecular weight is 954 g/mol. The van der Waals surface area contributed by atoms with Gasteiger partial charge in [0.1, 0.15) is 6.67 Å². The average Bonchev–Trinajstić information content (AvgIpc) is 4.05. The Morgan fingerprint density at radius 1 is 0.485 bits per heavy atom. The summed E-state index contributed by atoms with van der Waals surface area (Å²) in [6.45, 7) is 21.3. The van der Waals surface area contributed by atoms with Crippen LogP contribution in [0.3, 0.4) is 0 Å². The third-order valence-electron chi connectivity index (χ3n) is 13.6. The number of hydrogen-bond acceptors (Lipinski definition) is 4. The van der Waals surface area contributed by atoms with Crippen LogP contribution in [0.5, 0.6) is 11.5 Å². The molecule has 1 aliphatic heterocycles. The van der Waals surface area contributed by atoms with Crippen molar-refractivity contribution in [2.75, 3.05) is 16.5 Å². The van der Waals surface area contributed by atoms with E-state index < -0.39 is 0 Å². The Morgan fingerprint density at radius 2 is 1.07 bits per heavy atom. The zero-order chi connectivity index (χ0) is 47.1.